The zero-order chi connectivity index (χ0) is 16.2. The molecule has 1 amide bonds. The van der Waals surface area contributed by atoms with E-state index in [1.165, 1.54) is 11.3 Å². The molecule has 120 valence electrons. The predicted octanol–water partition coefficient (Wildman–Crippen LogP) is 2.29. The van der Waals surface area contributed by atoms with Crippen LogP contribution in [0.25, 0.3) is 11.6 Å². The van der Waals surface area contributed by atoms with Gasteiger partial charge in [-0.1, -0.05) is 0 Å². The molecule has 3 aromatic heterocycles. The molecule has 0 saturated heterocycles. The second-order valence-corrected chi connectivity index (χ2v) is 6.06. The van der Waals surface area contributed by atoms with Gasteiger partial charge in [-0.05, 0) is 26.0 Å². The Kier molecular flexibility index (Phi) is 4.52. The van der Waals surface area contributed by atoms with Gasteiger partial charge >= 0.3 is 0 Å². The largest absolute Gasteiger partial charge is 0.461 e. The van der Waals surface area contributed by atoms with Crippen molar-refractivity contribution in [2.75, 3.05) is 6.54 Å². The number of carbonyl (C=O) groups excluding carboxylic acids is 1. The van der Waals surface area contributed by atoms with Crippen molar-refractivity contribution in [3.8, 4) is 11.6 Å². The zero-order valence-corrected chi connectivity index (χ0v) is 13.7. The molecular formula is C15H17N5O2S. The molecule has 0 aliphatic heterocycles. The number of carbonyl (C=O) groups is 1. The van der Waals surface area contributed by atoms with Crippen LogP contribution in [0, 0.1) is 6.92 Å². The first-order valence-corrected chi connectivity index (χ1v) is 8.16. The quantitative estimate of drug-likeness (QED) is 0.722. The average Bonchev–Trinajstić information content (AvgIpc) is 3.27. The monoisotopic (exact) mass is 331 g/mol. The van der Waals surface area contributed by atoms with E-state index in [-0.39, 0.29) is 11.8 Å². The highest BCUT2D eigenvalue weighted by Gasteiger charge is 2.18. The topological polar surface area (TPSA) is 96.7 Å². The van der Waals surface area contributed by atoms with Crippen LogP contribution in [0.5, 0.6) is 0 Å². The molecule has 0 aliphatic carbocycles. The highest BCUT2D eigenvalue weighted by Crippen LogP contribution is 2.19. The van der Waals surface area contributed by atoms with Gasteiger partial charge in [-0.15, -0.1) is 11.3 Å². The Hall–Kier alpha value is -2.48. The van der Waals surface area contributed by atoms with E-state index >= 15 is 0 Å². The molecule has 3 rings (SSSR count). The molecule has 0 bridgehead atoms. The Morgan fingerprint density at radius 1 is 1.48 bits per heavy atom. The summed E-state index contributed by atoms with van der Waals surface area (Å²) < 4.78 is 5.24. The van der Waals surface area contributed by atoms with Crippen LogP contribution in [0.1, 0.15) is 29.4 Å². The Morgan fingerprint density at radius 2 is 2.35 bits per heavy atom. The van der Waals surface area contributed by atoms with Crippen LogP contribution in [0.15, 0.2) is 28.2 Å². The summed E-state index contributed by atoms with van der Waals surface area (Å²) in [6, 6.07) is 3.58. The third-order valence-electron chi connectivity index (χ3n) is 3.33. The number of aryl methyl sites for hydroxylation is 1. The second kappa shape index (κ2) is 6.74. The summed E-state index contributed by atoms with van der Waals surface area (Å²) in [5.41, 5.74) is 0.941. The lowest BCUT2D eigenvalue weighted by Gasteiger charge is -2.08. The van der Waals surface area contributed by atoms with Gasteiger partial charge < -0.3 is 9.73 Å². The number of rotatable bonds is 6. The van der Waals surface area contributed by atoms with Gasteiger partial charge in [0, 0.05) is 24.0 Å². The van der Waals surface area contributed by atoms with Crippen molar-refractivity contribution in [1.29, 1.82) is 0 Å². The minimum Gasteiger partial charge on any atom is -0.461 e. The average molecular weight is 331 g/mol. The summed E-state index contributed by atoms with van der Waals surface area (Å²) in [7, 11) is 0. The Labute approximate surface area is 137 Å². The summed E-state index contributed by atoms with van der Waals surface area (Å²) in [6.07, 6.45) is 2.15. The lowest BCUT2D eigenvalue weighted by atomic mass is 10.2. The summed E-state index contributed by atoms with van der Waals surface area (Å²) in [5.74, 6) is 1.55. The molecule has 23 heavy (non-hydrogen) atoms. The van der Waals surface area contributed by atoms with Crippen LogP contribution in [-0.2, 0) is 11.2 Å². The van der Waals surface area contributed by atoms with Crippen LogP contribution in [-0.4, -0.2) is 32.6 Å². The van der Waals surface area contributed by atoms with Crippen molar-refractivity contribution in [1.82, 2.24) is 25.5 Å². The standard InChI is InChI=1S/C15H17N5O2S/c1-9-8-23-15(17-9)10(2)14(21)16-6-5-12-18-13(20-19-12)11-4-3-7-22-11/h3-4,7-8,10H,5-6H2,1-2H3,(H,16,21)(H,18,19,20). The Bertz CT molecular complexity index is 778. The third-order valence-corrected chi connectivity index (χ3v) is 4.48. The SMILES string of the molecule is Cc1csc(C(C)C(=O)NCCc2nc(-c3ccco3)n[nH]2)n1. The highest BCUT2D eigenvalue weighted by atomic mass is 32.1. The van der Waals surface area contributed by atoms with Crippen LogP contribution < -0.4 is 5.32 Å². The molecule has 0 radical (unpaired) electrons. The van der Waals surface area contributed by atoms with Crippen molar-refractivity contribution in [2.45, 2.75) is 26.2 Å². The Morgan fingerprint density at radius 3 is 3.04 bits per heavy atom. The maximum Gasteiger partial charge on any atom is 0.229 e. The molecule has 3 aromatic rings. The van der Waals surface area contributed by atoms with Gasteiger partial charge in [-0.25, -0.2) is 9.97 Å². The van der Waals surface area contributed by atoms with Gasteiger partial charge in [0.05, 0.1) is 12.2 Å². The number of thiazole rings is 1. The van der Waals surface area contributed by atoms with E-state index in [9.17, 15) is 4.79 Å². The number of amides is 1. The van der Waals surface area contributed by atoms with Gasteiger partial charge in [-0.3, -0.25) is 9.89 Å². The van der Waals surface area contributed by atoms with Gasteiger partial charge in [0.1, 0.15) is 10.8 Å². The fourth-order valence-electron chi connectivity index (χ4n) is 2.06. The van der Waals surface area contributed by atoms with Crippen molar-refractivity contribution in [2.24, 2.45) is 0 Å². The minimum atomic E-state index is -0.248. The molecule has 0 saturated carbocycles. The van der Waals surface area contributed by atoms with E-state index in [0.717, 1.165) is 10.7 Å². The number of hydrogen-bond acceptors (Lipinski definition) is 6. The zero-order valence-electron chi connectivity index (χ0n) is 12.9. The molecule has 1 atom stereocenters. The van der Waals surface area contributed by atoms with Gasteiger partial charge in [0.2, 0.25) is 11.7 Å². The van der Waals surface area contributed by atoms with E-state index in [0.29, 0.717) is 30.4 Å². The number of nitrogens with zero attached hydrogens (tertiary/aromatic N) is 3. The number of nitrogens with one attached hydrogen (secondary N) is 2. The summed E-state index contributed by atoms with van der Waals surface area (Å²) in [6.45, 7) is 4.27. The lowest BCUT2D eigenvalue weighted by Crippen LogP contribution is -2.30. The number of furan rings is 1. The lowest BCUT2D eigenvalue weighted by molar-refractivity contribution is -0.122. The van der Waals surface area contributed by atoms with E-state index in [4.69, 9.17) is 4.42 Å². The number of aromatic nitrogens is 4. The summed E-state index contributed by atoms with van der Waals surface area (Å²) >= 11 is 1.51. The maximum absolute atomic E-state index is 12.1. The highest BCUT2D eigenvalue weighted by molar-refractivity contribution is 7.09. The molecule has 0 fully saturated rings. The fourth-order valence-corrected chi connectivity index (χ4v) is 2.92. The van der Waals surface area contributed by atoms with Crippen molar-refractivity contribution >= 4 is 17.2 Å². The normalized spacial score (nSPS) is 12.3. The molecular weight excluding hydrogens is 314 g/mol. The van der Waals surface area contributed by atoms with E-state index in [1.807, 2.05) is 19.2 Å². The molecule has 7 nitrogen and oxygen atoms in total. The summed E-state index contributed by atoms with van der Waals surface area (Å²) in [4.78, 5) is 20.8. The number of H-pyrrole nitrogens is 1. The van der Waals surface area contributed by atoms with Crippen LogP contribution in [0.3, 0.4) is 0 Å². The first-order chi connectivity index (χ1) is 11.1. The van der Waals surface area contributed by atoms with Crippen LogP contribution in [0.4, 0.5) is 0 Å². The molecule has 0 aliphatic rings. The smallest absolute Gasteiger partial charge is 0.229 e. The van der Waals surface area contributed by atoms with Gasteiger partial charge in [-0.2, -0.15) is 5.10 Å². The Balaban J connectivity index is 1.50. The fraction of sp³-hybridized carbons (Fsp3) is 0.333. The van der Waals surface area contributed by atoms with Crippen molar-refractivity contribution < 1.29 is 9.21 Å². The molecule has 3 heterocycles. The van der Waals surface area contributed by atoms with Gasteiger partial charge in [0.15, 0.2) is 5.76 Å². The van der Waals surface area contributed by atoms with Crippen molar-refractivity contribution in [3.05, 3.63) is 40.3 Å². The molecule has 8 heteroatoms. The first kappa shape index (κ1) is 15.4. The third kappa shape index (κ3) is 3.65. The molecule has 0 aromatic carbocycles. The maximum atomic E-state index is 12.1. The van der Waals surface area contributed by atoms with Gasteiger partial charge in [0.25, 0.3) is 0 Å². The minimum absolute atomic E-state index is 0.0369. The van der Waals surface area contributed by atoms with Crippen LogP contribution in [0.2, 0.25) is 0 Å². The first-order valence-electron chi connectivity index (χ1n) is 7.28. The second-order valence-electron chi connectivity index (χ2n) is 5.17. The molecule has 1 unspecified atom stereocenters. The van der Waals surface area contributed by atoms with E-state index in [2.05, 4.69) is 25.5 Å². The predicted molar refractivity (Wildman–Crippen MR) is 86.1 cm³/mol. The molecule has 0 spiro atoms. The van der Waals surface area contributed by atoms with E-state index in [1.54, 1.807) is 18.4 Å². The summed E-state index contributed by atoms with van der Waals surface area (Å²) in [5, 5.41) is 12.6. The number of hydrogen-bond donors (Lipinski definition) is 2. The number of aromatic amines is 1. The van der Waals surface area contributed by atoms with Crippen molar-refractivity contribution in [3.63, 3.8) is 0 Å². The van der Waals surface area contributed by atoms with E-state index < -0.39 is 0 Å². The molecule has 2 N–H and O–H groups in total. The van der Waals surface area contributed by atoms with Crippen LogP contribution >= 0.6 is 11.3 Å².